The molecule has 1 aromatic heterocycles. The standard InChI is InChI=1S/C25H32N6O4/c1-5-26-24(32)27-19-8-6-18(7-9-19)22-28-21-14-30(25(33)35-16(2)3)11-10-20(21)23(29-22)31-12-13-34-15-17(31)4/h6-9,17H,2,5,10-15H2,1,3-4H3,(H2,26,27,32). The van der Waals surface area contributed by atoms with Gasteiger partial charge >= 0.3 is 12.1 Å². The lowest BCUT2D eigenvalue weighted by Gasteiger charge is -2.37. The van der Waals surface area contributed by atoms with E-state index in [0.717, 1.165) is 29.2 Å². The molecule has 4 rings (SSSR count). The van der Waals surface area contributed by atoms with Crippen molar-refractivity contribution in [1.82, 2.24) is 20.2 Å². The molecule has 2 N–H and O–H groups in total. The molecule has 3 amide bonds. The number of allylic oxidation sites excluding steroid dienone is 1. The Labute approximate surface area is 205 Å². The zero-order chi connectivity index (χ0) is 24.9. The number of carbonyl (C=O) groups excluding carboxylic acids is 2. The lowest BCUT2D eigenvalue weighted by atomic mass is 10.0. The molecule has 35 heavy (non-hydrogen) atoms. The van der Waals surface area contributed by atoms with E-state index in [2.05, 4.69) is 29.0 Å². The van der Waals surface area contributed by atoms with Crippen molar-refractivity contribution in [3.05, 3.63) is 47.9 Å². The van der Waals surface area contributed by atoms with Crippen molar-refractivity contribution in [3.63, 3.8) is 0 Å². The highest BCUT2D eigenvalue weighted by atomic mass is 16.6. The van der Waals surface area contributed by atoms with Gasteiger partial charge in [-0.3, -0.25) is 0 Å². The second-order valence-electron chi connectivity index (χ2n) is 8.72. The predicted molar refractivity (Wildman–Crippen MR) is 133 cm³/mol. The fourth-order valence-corrected chi connectivity index (χ4v) is 4.23. The van der Waals surface area contributed by atoms with Gasteiger partial charge in [0.15, 0.2) is 5.82 Å². The smallest absolute Gasteiger partial charge is 0.415 e. The number of ether oxygens (including phenoxy) is 2. The van der Waals surface area contributed by atoms with Crippen LogP contribution in [0.5, 0.6) is 0 Å². The maximum Gasteiger partial charge on any atom is 0.415 e. The zero-order valence-corrected chi connectivity index (χ0v) is 20.5. The molecule has 2 aliphatic heterocycles. The summed E-state index contributed by atoms with van der Waals surface area (Å²) < 4.78 is 10.9. The van der Waals surface area contributed by atoms with E-state index in [1.165, 1.54) is 0 Å². The van der Waals surface area contributed by atoms with Gasteiger partial charge in [0.1, 0.15) is 5.82 Å². The van der Waals surface area contributed by atoms with Crippen molar-refractivity contribution in [3.8, 4) is 11.4 Å². The first-order valence-electron chi connectivity index (χ1n) is 11.9. The maximum atomic E-state index is 12.5. The van der Waals surface area contributed by atoms with Crippen LogP contribution < -0.4 is 15.5 Å². The molecule has 0 bridgehead atoms. The maximum absolute atomic E-state index is 12.5. The van der Waals surface area contributed by atoms with Gasteiger partial charge in [0, 0.05) is 36.4 Å². The second kappa shape index (κ2) is 10.7. The first-order chi connectivity index (χ1) is 16.9. The Morgan fingerprint density at radius 3 is 2.69 bits per heavy atom. The quantitative estimate of drug-likeness (QED) is 0.630. The first-order valence-corrected chi connectivity index (χ1v) is 11.9. The monoisotopic (exact) mass is 480 g/mol. The van der Waals surface area contributed by atoms with Crippen molar-refractivity contribution >= 4 is 23.6 Å². The Hall–Kier alpha value is -3.66. The highest BCUT2D eigenvalue weighted by Crippen LogP contribution is 2.32. The number of anilines is 2. The highest BCUT2D eigenvalue weighted by molar-refractivity contribution is 5.89. The minimum absolute atomic E-state index is 0.172. The van der Waals surface area contributed by atoms with Crippen LogP contribution in [0.3, 0.4) is 0 Å². The summed E-state index contributed by atoms with van der Waals surface area (Å²) in [6.45, 7) is 12.7. The van der Waals surface area contributed by atoms with E-state index >= 15 is 0 Å². The number of morpholine rings is 1. The van der Waals surface area contributed by atoms with Gasteiger partial charge in [0.2, 0.25) is 0 Å². The molecule has 1 aromatic carbocycles. The number of hydrogen-bond acceptors (Lipinski definition) is 7. The summed E-state index contributed by atoms with van der Waals surface area (Å²) in [5.74, 6) is 1.81. The average molecular weight is 481 g/mol. The van der Waals surface area contributed by atoms with Crippen LogP contribution in [0.4, 0.5) is 21.1 Å². The van der Waals surface area contributed by atoms with Crippen molar-refractivity contribution in [2.45, 2.75) is 39.8 Å². The number of nitrogens with zero attached hydrogens (tertiary/aromatic N) is 4. The third kappa shape index (κ3) is 5.71. The van der Waals surface area contributed by atoms with Crippen molar-refractivity contribution in [1.29, 1.82) is 0 Å². The first kappa shape index (κ1) is 24.5. The molecule has 10 nitrogen and oxygen atoms in total. The van der Waals surface area contributed by atoms with Gasteiger partial charge in [-0.1, -0.05) is 6.58 Å². The van der Waals surface area contributed by atoms with Gasteiger partial charge in [-0.25, -0.2) is 19.6 Å². The van der Waals surface area contributed by atoms with E-state index in [1.54, 1.807) is 11.8 Å². The Bertz CT molecular complexity index is 1100. The molecular weight excluding hydrogens is 448 g/mol. The largest absolute Gasteiger partial charge is 0.416 e. The van der Waals surface area contributed by atoms with Gasteiger partial charge in [0.25, 0.3) is 0 Å². The van der Waals surface area contributed by atoms with E-state index in [9.17, 15) is 9.59 Å². The summed E-state index contributed by atoms with van der Waals surface area (Å²) in [5.41, 5.74) is 3.35. The minimum Gasteiger partial charge on any atom is -0.416 e. The van der Waals surface area contributed by atoms with E-state index in [1.807, 2.05) is 31.2 Å². The Morgan fingerprint density at radius 2 is 2.00 bits per heavy atom. The number of aromatic nitrogens is 2. The number of carbonyl (C=O) groups is 2. The molecule has 2 aliphatic rings. The predicted octanol–water partition coefficient (Wildman–Crippen LogP) is 3.54. The summed E-state index contributed by atoms with van der Waals surface area (Å²) >= 11 is 0. The van der Waals surface area contributed by atoms with Crippen LogP contribution >= 0.6 is 0 Å². The topological polar surface area (TPSA) is 109 Å². The van der Waals surface area contributed by atoms with E-state index in [4.69, 9.17) is 19.4 Å². The Morgan fingerprint density at radius 1 is 1.23 bits per heavy atom. The molecule has 1 saturated heterocycles. The Kier molecular flexibility index (Phi) is 7.50. The van der Waals surface area contributed by atoms with Crippen molar-refractivity contribution in [2.24, 2.45) is 0 Å². The normalized spacial score (nSPS) is 17.4. The SMILES string of the molecule is C=C(C)OC(=O)N1CCc2c(nc(-c3ccc(NC(=O)NCC)cc3)nc2N2CCOCC2C)C1. The van der Waals surface area contributed by atoms with E-state index in [-0.39, 0.29) is 12.1 Å². The lowest BCUT2D eigenvalue weighted by Crippen LogP contribution is -2.45. The van der Waals surface area contributed by atoms with Crippen LogP contribution in [0, 0.1) is 0 Å². The van der Waals surface area contributed by atoms with E-state index in [0.29, 0.717) is 56.5 Å². The molecule has 0 spiro atoms. The minimum atomic E-state index is -0.426. The average Bonchev–Trinajstić information content (AvgIpc) is 2.83. The molecule has 186 valence electrons. The molecule has 3 heterocycles. The number of benzene rings is 1. The summed E-state index contributed by atoms with van der Waals surface area (Å²) in [4.78, 5) is 38.1. The number of hydrogen-bond donors (Lipinski definition) is 2. The van der Waals surface area contributed by atoms with Crippen LogP contribution in [0.25, 0.3) is 11.4 Å². The van der Waals surface area contributed by atoms with Crippen LogP contribution in [0.15, 0.2) is 36.6 Å². The number of nitrogens with one attached hydrogen (secondary N) is 2. The lowest BCUT2D eigenvalue weighted by molar-refractivity contribution is 0.0982. The fraction of sp³-hybridized carbons (Fsp3) is 0.440. The summed E-state index contributed by atoms with van der Waals surface area (Å²) in [7, 11) is 0. The fourth-order valence-electron chi connectivity index (χ4n) is 4.23. The van der Waals surface area contributed by atoms with Gasteiger partial charge in [-0.2, -0.15) is 0 Å². The van der Waals surface area contributed by atoms with Crippen LogP contribution in [-0.4, -0.2) is 65.9 Å². The summed E-state index contributed by atoms with van der Waals surface area (Å²) in [5, 5.41) is 5.50. The number of urea groups is 1. The zero-order valence-electron chi connectivity index (χ0n) is 20.5. The van der Waals surface area contributed by atoms with Crippen LogP contribution in [0.1, 0.15) is 32.0 Å². The molecule has 0 radical (unpaired) electrons. The molecular formula is C25H32N6O4. The summed E-state index contributed by atoms with van der Waals surface area (Å²) in [6, 6.07) is 7.32. The molecule has 0 saturated carbocycles. The molecule has 2 aromatic rings. The van der Waals surface area contributed by atoms with Crippen LogP contribution in [0.2, 0.25) is 0 Å². The highest BCUT2D eigenvalue weighted by Gasteiger charge is 2.31. The van der Waals surface area contributed by atoms with Crippen molar-refractivity contribution < 1.29 is 19.1 Å². The van der Waals surface area contributed by atoms with Crippen LogP contribution in [-0.2, 0) is 22.4 Å². The van der Waals surface area contributed by atoms with Gasteiger partial charge in [-0.05, 0) is 51.5 Å². The van der Waals surface area contributed by atoms with E-state index < -0.39 is 6.09 Å². The molecule has 0 aliphatic carbocycles. The molecule has 1 unspecified atom stereocenters. The van der Waals surface area contributed by atoms with Gasteiger partial charge < -0.3 is 29.9 Å². The second-order valence-corrected chi connectivity index (χ2v) is 8.72. The van der Waals surface area contributed by atoms with Gasteiger partial charge in [-0.15, -0.1) is 0 Å². The van der Waals surface area contributed by atoms with Crippen molar-refractivity contribution in [2.75, 3.05) is 43.1 Å². The third-order valence-electron chi connectivity index (χ3n) is 5.94. The molecule has 10 heteroatoms. The Balaban J connectivity index is 1.67. The number of rotatable bonds is 5. The van der Waals surface area contributed by atoms with Gasteiger partial charge in [0.05, 0.1) is 37.3 Å². The number of fused-ring (bicyclic) bond motifs is 1. The number of amides is 3. The summed E-state index contributed by atoms with van der Waals surface area (Å²) in [6.07, 6.45) is 0.209. The molecule has 1 fully saturated rings. The molecule has 1 atom stereocenters. The third-order valence-corrected chi connectivity index (χ3v) is 5.94.